The summed E-state index contributed by atoms with van der Waals surface area (Å²) in [5.74, 6) is -1.14. The van der Waals surface area contributed by atoms with E-state index in [9.17, 15) is 22.2 Å². The second-order valence-electron chi connectivity index (χ2n) is 9.60. The molecule has 3 aromatic heterocycles. The van der Waals surface area contributed by atoms with Gasteiger partial charge in [-0.1, -0.05) is 12.1 Å². The lowest BCUT2D eigenvalue weighted by Crippen LogP contribution is -2.22. The summed E-state index contributed by atoms with van der Waals surface area (Å²) in [4.78, 5) is 28.0. The Kier molecular flexibility index (Phi) is 7.74. The normalized spacial score (nSPS) is 12.8. The second-order valence-corrected chi connectivity index (χ2v) is 12.1. The number of halogens is 3. The highest BCUT2D eigenvalue weighted by Gasteiger charge is 2.38. The minimum Gasteiger partial charge on any atom is -0.377 e. The molecule has 1 unspecified atom stereocenters. The lowest BCUT2D eigenvalue weighted by Gasteiger charge is -2.24. The van der Waals surface area contributed by atoms with Crippen molar-refractivity contribution in [2.45, 2.75) is 25.6 Å². The van der Waals surface area contributed by atoms with Crippen LogP contribution < -0.4 is 15.8 Å². The number of alkyl halides is 3. The highest BCUT2D eigenvalue weighted by molar-refractivity contribution is 7.92. The molecule has 212 valence electrons. The van der Waals surface area contributed by atoms with Crippen LogP contribution in [-0.4, -0.2) is 61.3 Å². The molecule has 1 atom stereocenters. The molecular formula is C26H29F3N8O2S. The molecule has 3 heterocycles. The first-order chi connectivity index (χ1) is 18.7. The molecule has 0 amide bonds. The van der Waals surface area contributed by atoms with Gasteiger partial charge in [-0.15, -0.1) is 6.58 Å². The molecule has 0 aliphatic heterocycles. The standard InChI is InChI=1S/C26H29F3N8O2S/c1-7-13-36-24(38)19-15-30-25(31-17-11-12-20(35(3)4)18(14-17)16(2)26(27,28)29)33-23(19)37(36)22-10-8-9-21(32-22)34-40(5,6)39/h7-12,14-16H,1,13H2,2-6H3,(H,30,31,33). The predicted octanol–water partition coefficient (Wildman–Crippen LogP) is 5.00. The van der Waals surface area contributed by atoms with Gasteiger partial charge in [0, 0.05) is 53.9 Å². The lowest BCUT2D eigenvalue weighted by molar-refractivity contribution is -0.146. The van der Waals surface area contributed by atoms with E-state index in [1.807, 2.05) is 0 Å². The van der Waals surface area contributed by atoms with Crippen LogP contribution in [0.4, 0.5) is 36.3 Å². The Labute approximate surface area is 229 Å². The Morgan fingerprint density at radius 1 is 1.20 bits per heavy atom. The zero-order chi connectivity index (χ0) is 29.4. The van der Waals surface area contributed by atoms with Gasteiger partial charge in [0.25, 0.3) is 5.56 Å². The minimum atomic E-state index is -4.43. The zero-order valence-corrected chi connectivity index (χ0v) is 23.4. The highest BCUT2D eigenvalue weighted by Crippen LogP contribution is 2.40. The highest BCUT2D eigenvalue weighted by atomic mass is 32.2. The molecule has 0 fully saturated rings. The molecule has 1 aromatic carbocycles. The van der Waals surface area contributed by atoms with Gasteiger partial charge in [0.2, 0.25) is 5.95 Å². The van der Waals surface area contributed by atoms with Crippen LogP contribution in [0.25, 0.3) is 16.9 Å². The first-order valence-electron chi connectivity index (χ1n) is 12.1. The third kappa shape index (κ3) is 6.01. The van der Waals surface area contributed by atoms with Crippen LogP contribution in [-0.2, 0) is 16.3 Å². The molecule has 0 saturated carbocycles. The van der Waals surface area contributed by atoms with Crippen molar-refractivity contribution in [2.75, 3.05) is 36.8 Å². The Balaban J connectivity index is 1.85. The third-order valence-electron chi connectivity index (χ3n) is 5.95. The van der Waals surface area contributed by atoms with Crippen LogP contribution in [0.2, 0.25) is 0 Å². The number of anilines is 3. The van der Waals surface area contributed by atoms with Gasteiger partial charge in [0.1, 0.15) is 5.39 Å². The van der Waals surface area contributed by atoms with Gasteiger partial charge in [0.05, 0.1) is 12.5 Å². The van der Waals surface area contributed by atoms with E-state index in [0.717, 1.165) is 6.92 Å². The lowest BCUT2D eigenvalue weighted by atomic mass is 9.97. The Morgan fingerprint density at radius 3 is 2.55 bits per heavy atom. The molecule has 0 aliphatic rings. The summed E-state index contributed by atoms with van der Waals surface area (Å²) in [7, 11) is 0.858. The molecule has 0 radical (unpaired) electrons. The van der Waals surface area contributed by atoms with E-state index in [1.54, 1.807) is 49.3 Å². The van der Waals surface area contributed by atoms with Crippen molar-refractivity contribution in [3.05, 3.63) is 71.2 Å². The van der Waals surface area contributed by atoms with Gasteiger partial charge in [-0.3, -0.25) is 4.79 Å². The van der Waals surface area contributed by atoms with Crippen molar-refractivity contribution in [3.8, 4) is 5.82 Å². The minimum absolute atomic E-state index is 0.0613. The summed E-state index contributed by atoms with van der Waals surface area (Å²) < 4.78 is 60.0. The number of aromatic nitrogens is 5. The SMILES string of the molecule is C=CCn1c(=O)c2cnc(Nc3ccc(N(C)C)c(C(C)C(F)(F)F)c3)nc2n1-c1cccc(N=S(C)(C)=O)n1. The molecule has 1 N–H and O–H groups in total. The van der Waals surface area contributed by atoms with Crippen LogP contribution in [0.15, 0.2) is 64.4 Å². The number of nitrogens with one attached hydrogen (secondary N) is 1. The first kappa shape index (κ1) is 28.8. The summed E-state index contributed by atoms with van der Waals surface area (Å²) >= 11 is 0. The molecule has 0 saturated heterocycles. The van der Waals surface area contributed by atoms with Crippen molar-refractivity contribution in [3.63, 3.8) is 0 Å². The van der Waals surface area contributed by atoms with Crippen LogP contribution in [0.3, 0.4) is 0 Å². The molecule has 0 aliphatic carbocycles. The van der Waals surface area contributed by atoms with Gasteiger partial charge in [-0.25, -0.2) is 23.5 Å². The maximum atomic E-state index is 13.6. The maximum absolute atomic E-state index is 13.6. The van der Waals surface area contributed by atoms with Gasteiger partial charge in [-0.2, -0.15) is 22.5 Å². The summed E-state index contributed by atoms with van der Waals surface area (Å²) in [6.07, 6.45) is 1.42. The third-order valence-corrected chi connectivity index (χ3v) is 6.58. The molecule has 14 heteroatoms. The monoisotopic (exact) mass is 574 g/mol. The number of pyridine rings is 1. The second kappa shape index (κ2) is 10.8. The van der Waals surface area contributed by atoms with Crippen molar-refractivity contribution in [2.24, 2.45) is 4.36 Å². The van der Waals surface area contributed by atoms with E-state index in [4.69, 9.17) is 0 Å². The number of nitrogens with zero attached hydrogens (tertiary/aromatic N) is 7. The molecule has 0 spiro atoms. The fourth-order valence-corrected chi connectivity index (χ4v) is 4.66. The summed E-state index contributed by atoms with van der Waals surface area (Å²) in [6.45, 7) is 4.96. The number of hydrogen-bond donors (Lipinski definition) is 1. The number of hydrogen-bond acceptors (Lipinski definition) is 8. The van der Waals surface area contributed by atoms with E-state index in [0.29, 0.717) is 17.2 Å². The van der Waals surface area contributed by atoms with Crippen LogP contribution >= 0.6 is 0 Å². The van der Waals surface area contributed by atoms with Crippen molar-refractivity contribution >= 4 is 43.9 Å². The summed E-state index contributed by atoms with van der Waals surface area (Å²) in [5.41, 5.74) is 0.677. The number of allylic oxidation sites excluding steroid dienone is 1. The van der Waals surface area contributed by atoms with Gasteiger partial charge in [-0.05, 0) is 42.8 Å². The van der Waals surface area contributed by atoms with E-state index in [1.165, 1.54) is 40.2 Å². The van der Waals surface area contributed by atoms with Gasteiger partial charge >= 0.3 is 6.18 Å². The number of benzene rings is 1. The maximum Gasteiger partial charge on any atom is 0.395 e. The van der Waals surface area contributed by atoms with E-state index in [2.05, 4.69) is 31.2 Å². The van der Waals surface area contributed by atoms with Crippen LogP contribution in [0.1, 0.15) is 18.4 Å². The van der Waals surface area contributed by atoms with E-state index in [-0.39, 0.29) is 34.9 Å². The molecule has 0 bridgehead atoms. The van der Waals surface area contributed by atoms with E-state index >= 15 is 0 Å². The summed E-state index contributed by atoms with van der Waals surface area (Å²) in [5, 5.41) is 3.16. The van der Waals surface area contributed by atoms with Crippen molar-refractivity contribution in [1.82, 2.24) is 24.3 Å². The number of fused-ring (bicyclic) bond motifs is 1. The Bertz CT molecular complexity index is 1760. The van der Waals surface area contributed by atoms with Gasteiger partial charge < -0.3 is 10.2 Å². The summed E-state index contributed by atoms with van der Waals surface area (Å²) in [6, 6.07) is 9.53. The first-order valence-corrected chi connectivity index (χ1v) is 14.4. The fourth-order valence-electron chi connectivity index (χ4n) is 4.11. The quantitative estimate of drug-likeness (QED) is 0.295. The molecule has 4 aromatic rings. The average molecular weight is 575 g/mol. The molecule has 4 rings (SSSR count). The number of rotatable bonds is 8. The van der Waals surface area contributed by atoms with Crippen LogP contribution in [0, 0.1) is 0 Å². The van der Waals surface area contributed by atoms with Crippen LogP contribution in [0.5, 0.6) is 0 Å². The molecular weight excluding hydrogens is 545 g/mol. The fraction of sp³-hybridized carbons (Fsp3) is 0.308. The van der Waals surface area contributed by atoms with Crippen molar-refractivity contribution < 1.29 is 17.4 Å². The Morgan fingerprint density at radius 2 is 1.93 bits per heavy atom. The Hall–Kier alpha value is -4.20. The smallest absolute Gasteiger partial charge is 0.377 e. The largest absolute Gasteiger partial charge is 0.395 e. The zero-order valence-electron chi connectivity index (χ0n) is 22.6. The average Bonchev–Trinajstić information content (AvgIpc) is 3.13. The van der Waals surface area contributed by atoms with E-state index < -0.39 is 27.4 Å². The van der Waals surface area contributed by atoms with Crippen molar-refractivity contribution in [1.29, 1.82) is 0 Å². The topological polar surface area (TPSA) is 110 Å². The molecule has 10 nitrogen and oxygen atoms in total. The predicted molar refractivity (Wildman–Crippen MR) is 152 cm³/mol. The van der Waals surface area contributed by atoms with Gasteiger partial charge in [0.15, 0.2) is 17.3 Å². The molecule has 40 heavy (non-hydrogen) atoms.